The van der Waals surface area contributed by atoms with Crippen molar-refractivity contribution < 1.29 is 15.7 Å². The van der Waals surface area contributed by atoms with Crippen molar-refractivity contribution in [2.45, 2.75) is 268 Å². The van der Waals surface area contributed by atoms with E-state index in [0.29, 0.717) is 48.3 Å². The van der Waals surface area contributed by atoms with E-state index in [9.17, 15) is 0 Å². The number of hydrogen-bond donors (Lipinski definition) is 0. The van der Waals surface area contributed by atoms with Crippen molar-refractivity contribution in [3.05, 3.63) is 11.1 Å². The first kappa shape index (κ1) is 58.3. The van der Waals surface area contributed by atoms with Crippen LogP contribution in [0.3, 0.4) is 0 Å². The van der Waals surface area contributed by atoms with E-state index in [1.54, 1.807) is 0 Å². The van der Waals surface area contributed by atoms with Gasteiger partial charge >= 0.3 is 382 Å². The molecule has 0 spiro atoms. The Balaban J connectivity index is 7.53. The Morgan fingerprint density at radius 1 is 0.345 bits per heavy atom. The minimum absolute atomic E-state index is 0.0979. The van der Waals surface area contributed by atoms with Crippen LogP contribution in [-0.2, 0) is 15.7 Å². The summed E-state index contributed by atoms with van der Waals surface area (Å²) in [5, 5.41) is 0. The molecule has 0 aromatic heterocycles. The van der Waals surface area contributed by atoms with E-state index in [4.69, 9.17) is 6.15 Å². The molecule has 6 unspecified atom stereocenters. The maximum atomic E-state index is 15.2. The third-order valence-electron chi connectivity index (χ3n) is 14.0. The van der Waals surface area contributed by atoms with Crippen LogP contribution in [0.4, 0.5) is 0 Å². The molecule has 0 aliphatic heterocycles. The molecule has 0 aromatic carbocycles. The molecule has 0 radical (unpaired) electrons. The molecule has 6 heteroatoms. The summed E-state index contributed by atoms with van der Waals surface area (Å²) in [5.74, 6) is 3.16. The van der Waals surface area contributed by atoms with Gasteiger partial charge in [-0.3, -0.25) is 0 Å². The van der Waals surface area contributed by atoms with Gasteiger partial charge in [-0.05, 0) is 0 Å². The van der Waals surface area contributed by atoms with E-state index in [-0.39, 0.29) is 11.9 Å². The van der Waals surface area contributed by atoms with Gasteiger partial charge in [0.1, 0.15) is 0 Å². The van der Waals surface area contributed by atoms with Crippen molar-refractivity contribution in [2.75, 3.05) is 0 Å². The van der Waals surface area contributed by atoms with Crippen molar-refractivity contribution in [2.24, 2.45) is 35.5 Å². The van der Waals surface area contributed by atoms with Gasteiger partial charge in [0.2, 0.25) is 0 Å². The fraction of sp³-hybridized carbons (Fsp3) is 0.923. The molecule has 0 heterocycles. The van der Waals surface area contributed by atoms with Crippen molar-refractivity contribution in [1.82, 2.24) is 0 Å². The van der Waals surface area contributed by atoms with Gasteiger partial charge in [-0.15, -0.1) is 0 Å². The van der Waals surface area contributed by atoms with Crippen molar-refractivity contribution in [3.8, 4) is 0 Å². The van der Waals surface area contributed by atoms with Crippen molar-refractivity contribution in [3.63, 3.8) is 0 Å². The molecule has 58 heavy (non-hydrogen) atoms. The van der Waals surface area contributed by atoms with Gasteiger partial charge < -0.3 is 0 Å². The Hall–Kier alpha value is 0.277. The number of carbonyl (C=O) groups excluding carboxylic acids is 2. The van der Waals surface area contributed by atoms with Crippen molar-refractivity contribution >= 4 is 52.3 Å². The Bertz CT molecular complexity index is 899. The predicted octanol–water partition coefficient (Wildman–Crippen LogP) is 16.9. The van der Waals surface area contributed by atoms with Crippen LogP contribution in [0.25, 0.3) is 0 Å². The Labute approximate surface area is 379 Å². The molecular weight excluding hydrogens is 926 g/mol. The number of rotatable bonds is 40. The molecule has 0 rings (SSSR count). The second-order valence-electron chi connectivity index (χ2n) is 18.9. The number of unbranched alkanes of at least 4 members (excludes halogenated alkanes) is 6. The monoisotopic (exact) mass is 1030 g/mol. The molecule has 0 bridgehead atoms. The van der Waals surface area contributed by atoms with Crippen LogP contribution < -0.4 is 0 Å². The molecule has 0 aliphatic carbocycles. The van der Waals surface area contributed by atoms with Gasteiger partial charge in [0.25, 0.3) is 0 Å². The molecule has 0 N–H and O–H groups in total. The Morgan fingerprint density at radius 2 is 0.552 bits per heavy atom. The third kappa shape index (κ3) is 26.7. The molecule has 0 fully saturated rings. The molecule has 0 saturated heterocycles. The van der Waals surface area contributed by atoms with Gasteiger partial charge in [0.15, 0.2) is 0 Å². The van der Waals surface area contributed by atoms with Gasteiger partial charge in [-0.2, -0.15) is 0 Å². The summed E-state index contributed by atoms with van der Waals surface area (Å²) in [5.41, 5.74) is 1.49. The first-order valence-corrected chi connectivity index (χ1v) is 38.2. The normalized spacial score (nSPS) is 16.5. The van der Waals surface area contributed by atoms with Crippen molar-refractivity contribution in [1.29, 1.82) is 0 Å². The first-order chi connectivity index (χ1) is 28.1. The second-order valence-corrected chi connectivity index (χ2v) is 32.7. The van der Waals surface area contributed by atoms with Crippen LogP contribution in [0.1, 0.15) is 250 Å². The number of carbonyl (C=O) groups is 2. The Morgan fingerprint density at radius 3 is 0.741 bits per heavy atom. The zero-order chi connectivity index (χ0) is 43.6. The minimum atomic E-state index is -2.84. The fourth-order valence-corrected chi connectivity index (χ4v) is 29.1. The van der Waals surface area contributed by atoms with Crippen LogP contribution >= 0.6 is 0 Å². The maximum absolute atomic E-state index is 15.2. The second kappa shape index (κ2) is 38.9. The summed E-state index contributed by atoms with van der Waals surface area (Å²) >= 11 is -5.68. The Kier molecular flexibility index (Phi) is 39.1. The number of hydrogen-bond acceptors (Lipinski definition) is 4. The summed E-state index contributed by atoms with van der Waals surface area (Å²) < 4.78 is 18.8. The van der Waals surface area contributed by atoms with Crippen LogP contribution in [0.5, 0.6) is 0 Å². The van der Waals surface area contributed by atoms with E-state index in [2.05, 4.69) is 83.1 Å². The molecular formula is C52H104O4Sn2. The molecule has 4 nitrogen and oxygen atoms in total. The summed E-state index contributed by atoms with van der Waals surface area (Å²) in [6, 6.07) is 0. The SMILES string of the molecule is CCCCC(CC)C/C(C(=O)[O][SnH]([CH2]C(CC)CCCC)[CH2]C(CC)CCCC)=C(\CC(CC)CCCC)C(=O)[O][SnH]([CH2]C(CC)CCCC)[CH2]C(CC)CCCC. The van der Waals surface area contributed by atoms with Gasteiger partial charge in [0.05, 0.1) is 0 Å². The molecule has 0 aliphatic rings. The van der Waals surface area contributed by atoms with Crippen LogP contribution in [0.2, 0.25) is 17.7 Å². The van der Waals surface area contributed by atoms with E-state index < -0.39 is 40.3 Å². The van der Waals surface area contributed by atoms with E-state index >= 15 is 9.59 Å². The summed E-state index contributed by atoms with van der Waals surface area (Å²) in [4.78, 5) is 30.5. The summed E-state index contributed by atoms with van der Waals surface area (Å²) in [6.07, 6.45) is 29.8. The fourth-order valence-electron chi connectivity index (χ4n) is 9.37. The molecule has 6 atom stereocenters. The van der Waals surface area contributed by atoms with E-state index in [0.717, 1.165) is 80.3 Å². The zero-order valence-electron chi connectivity index (χ0n) is 41.5. The van der Waals surface area contributed by atoms with Crippen LogP contribution in [0, 0.1) is 35.5 Å². The molecule has 0 saturated carbocycles. The van der Waals surface area contributed by atoms with Gasteiger partial charge in [-0.1, -0.05) is 0 Å². The molecule has 344 valence electrons. The van der Waals surface area contributed by atoms with Crippen LogP contribution in [-0.4, -0.2) is 52.3 Å². The average molecular weight is 1030 g/mol. The third-order valence-corrected chi connectivity index (χ3v) is 30.8. The predicted molar refractivity (Wildman–Crippen MR) is 262 cm³/mol. The first-order valence-electron chi connectivity index (χ1n) is 26.2. The summed E-state index contributed by atoms with van der Waals surface area (Å²) in [7, 11) is 0. The quantitative estimate of drug-likeness (QED) is 0.0453. The van der Waals surface area contributed by atoms with E-state index in [1.807, 2.05) is 0 Å². The average Bonchev–Trinajstić information content (AvgIpc) is 3.23. The van der Waals surface area contributed by atoms with Gasteiger partial charge in [-0.25, -0.2) is 0 Å². The molecule has 0 aromatic rings. The zero-order valence-corrected chi connectivity index (χ0v) is 48.1. The topological polar surface area (TPSA) is 52.6 Å². The van der Waals surface area contributed by atoms with Crippen LogP contribution in [0.15, 0.2) is 11.1 Å². The molecule has 0 amide bonds. The standard InChI is InChI=1S/C20H36O4.4C8H17.2Sn.2H/c1-5-9-11-15(7-3)13-17(19(21)22)18(20(23)24)14-16(8-4)12-10-6-2;4*1-4-6-7-8(3)5-2;;;;/h15-16H,5-14H2,1-4H3,(H,21,22)(H,23,24);4*8H,3-7H2,1-2H3;;;;/q;;;;;2*+1;;/p-2/b18-17-;;;;;;;;. The van der Waals surface area contributed by atoms with Gasteiger partial charge in [0, 0.05) is 0 Å². The summed E-state index contributed by atoms with van der Waals surface area (Å²) in [6.45, 7) is 27.7. The van der Waals surface area contributed by atoms with E-state index in [1.165, 1.54) is 103 Å².